The van der Waals surface area contributed by atoms with Crippen LogP contribution in [0.1, 0.15) is 34.0 Å². The fraction of sp³-hybridized carbons (Fsp3) is 0.125. The largest absolute Gasteiger partial charge is 0.308 e. The zero-order valence-corrected chi connectivity index (χ0v) is 15.1. The van der Waals surface area contributed by atoms with Crippen LogP contribution in [-0.2, 0) is 0 Å². The maximum absolute atomic E-state index is 12.9. The van der Waals surface area contributed by atoms with Gasteiger partial charge in [0, 0.05) is 28.9 Å². The molecule has 2 nitrogen and oxygen atoms in total. The monoisotopic (exact) mass is 339 g/mol. The number of hydrogen-bond donors (Lipinski definition) is 0. The van der Waals surface area contributed by atoms with E-state index in [0.717, 1.165) is 22.4 Å². The first kappa shape index (κ1) is 17.5. The van der Waals surface area contributed by atoms with E-state index >= 15 is 0 Å². The summed E-state index contributed by atoms with van der Waals surface area (Å²) in [4.78, 5) is 14.7. The number of nitrogens with zero attached hydrogens (tertiary/aromatic N) is 1. The van der Waals surface area contributed by atoms with E-state index in [4.69, 9.17) is 0 Å². The number of para-hydroxylation sites is 1. The van der Waals surface area contributed by atoms with E-state index in [1.54, 1.807) is 4.90 Å². The molecule has 3 aromatic rings. The Bertz CT molecular complexity index is 947. The van der Waals surface area contributed by atoms with Crippen molar-refractivity contribution in [3.05, 3.63) is 101 Å². The highest BCUT2D eigenvalue weighted by Crippen LogP contribution is 2.21. The average Bonchev–Trinajstić information content (AvgIpc) is 2.69. The zero-order valence-electron chi connectivity index (χ0n) is 15.1. The summed E-state index contributed by atoms with van der Waals surface area (Å²) in [6, 6.07) is 25.3. The Kier molecular flexibility index (Phi) is 5.51. The molecule has 0 heterocycles. The van der Waals surface area contributed by atoms with E-state index in [1.807, 2.05) is 92.7 Å². The van der Waals surface area contributed by atoms with Crippen molar-refractivity contribution in [3.63, 3.8) is 0 Å². The van der Waals surface area contributed by atoms with Crippen LogP contribution in [-0.4, -0.2) is 12.5 Å². The number of anilines is 1. The van der Waals surface area contributed by atoms with Crippen molar-refractivity contribution < 1.29 is 4.79 Å². The van der Waals surface area contributed by atoms with Gasteiger partial charge in [-0.2, -0.15) is 0 Å². The summed E-state index contributed by atoms with van der Waals surface area (Å²) in [5, 5.41) is 0. The second kappa shape index (κ2) is 8.18. The number of hydrogen-bond acceptors (Lipinski definition) is 1. The molecule has 26 heavy (non-hydrogen) atoms. The molecule has 0 bridgehead atoms. The summed E-state index contributed by atoms with van der Waals surface area (Å²) < 4.78 is 0. The van der Waals surface area contributed by atoms with E-state index in [9.17, 15) is 4.79 Å². The van der Waals surface area contributed by atoms with Gasteiger partial charge in [0.05, 0.1) is 0 Å². The molecular formula is C24H21NO. The van der Waals surface area contributed by atoms with Gasteiger partial charge in [-0.1, -0.05) is 48.2 Å². The molecule has 128 valence electrons. The molecule has 1 amide bonds. The first-order valence-electron chi connectivity index (χ1n) is 8.73. The van der Waals surface area contributed by atoms with Gasteiger partial charge < -0.3 is 4.90 Å². The van der Waals surface area contributed by atoms with E-state index in [-0.39, 0.29) is 5.91 Å². The van der Waals surface area contributed by atoms with Crippen molar-refractivity contribution >= 4 is 11.6 Å². The van der Waals surface area contributed by atoms with Crippen LogP contribution in [0, 0.1) is 18.8 Å². The van der Waals surface area contributed by atoms with Crippen molar-refractivity contribution in [2.75, 3.05) is 11.4 Å². The number of carbonyl (C=O) groups is 1. The lowest BCUT2D eigenvalue weighted by Crippen LogP contribution is -2.31. The Labute approximate surface area is 155 Å². The minimum absolute atomic E-state index is 0.00404. The highest BCUT2D eigenvalue weighted by atomic mass is 16.2. The van der Waals surface area contributed by atoms with Crippen LogP contribution in [0.4, 0.5) is 5.69 Å². The predicted molar refractivity (Wildman–Crippen MR) is 107 cm³/mol. The van der Waals surface area contributed by atoms with Crippen LogP contribution in [0.2, 0.25) is 0 Å². The predicted octanol–water partition coefficient (Wildman–Crippen LogP) is 5.06. The molecule has 0 aliphatic heterocycles. The fourth-order valence-electron chi connectivity index (χ4n) is 2.81. The van der Waals surface area contributed by atoms with Gasteiger partial charge in [0.2, 0.25) is 0 Å². The van der Waals surface area contributed by atoms with Gasteiger partial charge in [-0.25, -0.2) is 0 Å². The molecule has 0 spiro atoms. The van der Waals surface area contributed by atoms with Crippen molar-refractivity contribution in [1.82, 2.24) is 0 Å². The maximum Gasteiger partial charge on any atom is 0.258 e. The highest BCUT2D eigenvalue weighted by molar-refractivity contribution is 6.06. The normalized spacial score (nSPS) is 9.92. The summed E-state index contributed by atoms with van der Waals surface area (Å²) in [5.74, 6) is 6.27. The van der Waals surface area contributed by atoms with Gasteiger partial charge in [-0.05, 0) is 61.9 Å². The lowest BCUT2D eigenvalue weighted by atomic mass is 10.1. The number of benzene rings is 3. The van der Waals surface area contributed by atoms with Crippen LogP contribution in [0.15, 0.2) is 78.9 Å². The van der Waals surface area contributed by atoms with Gasteiger partial charge in [0.15, 0.2) is 0 Å². The third-order valence-corrected chi connectivity index (χ3v) is 4.22. The Balaban J connectivity index is 1.80. The Morgan fingerprint density at radius 1 is 0.808 bits per heavy atom. The number of amides is 1. The number of aryl methyl sites for hydroxylation is 1. The van der Waals surface area contributed by atoms with Crippen LogP contribution in [0.5, 0.6) is 0 Å². The average molecular weight is 339 g/mol. The molecule has 0 unspecified atom stereocenters. The van der Waals surface area contributed by atoms with Crippen molar-refractivity contribution in [2.24, 2.45) is 0 Å². The summed E-state index contributed by atoms with van der Waals surface area (Å²) in [6.07, 6.45) is 0. The summed E-state index contributed by atoms with van der Waals surface area (Å²) in [6.45, 7) is 4.64. The second-order valence-electron chi connectivity index (χ2n) is 6.03. The molecule has 0 N–H and O–H groups in total. The fourth-order valence-corrected chi connectivity index (χ4v) is 2.81. The molecule has 0 aliphatic rings. The number of rotatable bonds is 3. The molecular weight excluding hydrogens is 318 g/mol. The van der Waals surface area contributed by atoms with E-state index < -0.39 is 0 Å². The van der Waals surface area contributed by atoms with Gasteiger partial charge >= 0.3 is 0 Å². The van der Waals surface area contributed by atoms with Gasteiger partial charge in [0.25, 0.3) is 5.91 Å². The summed E-state index contributed by atoms with van der Waals surface area (Å²) in [5.41, 5.74) is 4.58. The lowest BCUT2D eigenvalue weighted by Gasteiger charge is -2.23. The quantitative estimate of drug-likeness (QED) is 0.611. The van der Waals surface area contributed by atoms with Gasteiger partial charge in [0.1, 0.15) is 0 Å². The second-order valence-corrected chi connectivity index (χ2v) is 6.03. The van der Waals surface area contributed by atoms with E-state index in [2.05, 4.69) is 11.8 Å². The standard InChI is InChI=1S/C24H21NO/c1-3-25(23-12-8-7-9-19(23)2)24(26)22-17-15-21(16-18-22)14-13-20-10-5-4-6-11-20/h4-12,15-18H,3H2,1-2H3. The summed E-state index contributed by atoms with van der Waals surface area (Å²) >= 11 is 0. The SMILES string of the molecule is CCN(C(=O)c1ccc(C#Cc2ccccc2)cc1)c1ccccc1C. The highest BCUT2D eigenvalue weighted by Gasteiger charge is 2.17. The van der Waals surface area contributed by atoms with Crippen LogP contribution < -0.4 is 4.90 Å². The summed E-state index contributed by atoms with van der Waals surface area (Å²) in [7, 11) is 0. The van der Waals surface area contributed by atoms with E-state index in [1.165, 1.54) is 0 Å². The molecule has 2 heteroatoms. The van der Waals surface area contributed by atoms with Crippen molar-refractivity contribution in [1.29, 1.82) is 0 Å². The Morgan fingerprint density at radius 2 is 1.38 bits per heavy atom. The number of carbonyl (C=O) groups excluding carboxylic acids is 1. The third kappa shape index (κ3) is 4.02. The van der Waals surface area contributed by atoms with Crippen molar-refractivity contribution in [3.8, 4) is 11.8 Å². The smallest absolute Gasteiger partial charge is 0.258 e. The van der Waals surface area contributed by atoms with Gasteiger partial charge in [-0.15, -0.1) is 0 Å². The van der Waals surface area contributed by atoms with Gasteiger partial charge in [-0.3, -0.25) is 4.79 Å². The van der Waals surface area contributed by atoms with E-state index in [0.29, 0.717) is 12.1 Å². The molecule has 0 aliphatic carbocycles. The minimum Gasteiger partial charge on any atom is -0.308 e. The first-order chi connectivity index (χ1) is 12.7. The maximum atomic E-state index is 12.9. The molecule has 0 atom stereocenters. The van der Waals surface area contributed by atoms with Crippen LogP contribution >= 0.6 is 0 Å². The third-order valence-electron chi connectivity index (χ3n) is 4.22. The molecule has 0 fully saturated rings. The van der Waals surface area contributed by atoms with Crippen molar-refractivity contribution in [2.45, 2.75) is 13.8 Å². The zero-order chi connectivity index (χ0) is 18.4. The molecule has 0 saturated heterocycles. The minimum atomic E-state index is 0.00404. The Morgan fingerprint density at radius 3 is 2.00 bits per heavy atom. The molecule has 0 aromatic heterocycles. The Hall–Kier alpha value is -3.31. The topological polar surface area (TPSA) is 20.3 Å². The van der Waals surface area contributed by atoms with Crippen LogP contribution in [0.3, 0.4) is 0 Å². The molecule has 3 rings (SSSR count). The lowest BCUT2D eigenvalue weighted by molar-refractivity contribution is 0.0988. The van der Waals surface area contributed by atoms with Crippen LogP contribution in [0.25, 0.3) is 0 Å². The molecule has 0 saturated carbocycles. The molecule has 0 radical (unpaired) electrons. The molecule has 3 aromatic carbocycles. The first-order valence-corrected chi connectivity index (χ1v) is 8.73.